The zero-order valence-electron chi connectivity index (χ0n) is 21.3. The van der Waals surface area contributed by atoms with Crippen LogP contribution in [-0.4, -0.2) is 40.6 Å². The van der Waals surface area contributed by atoms with Gasteiger partial charge >= 0.3 is 0 Å². The molecule has 198 valence electrons. The van der Waals surface area contributed by atoms with Crippen molar-refractivity contribution >= 4 is 29.1 Å². The molecular formula is C28H32ClF2N3O3. The molecule has 0 bridgehead atoms. The molecule has 5 rings (SSSR count). The van der Waals surface area contributed by atoms with Gasteiger partial charge in [-0.2, -0.15) is 0 Å². The minimum atomic E-state index is -1.39. The highest BCUT2D eigenvalue weighted by Crippen LogP contribution is 2.56. The second-order valence-corrected chi connectivity index (χ2v) is 12.7. The Bertz CT molecular complexity index is 1270. The molecule has 0 unspecified atom stereocenters. The van der Waals surface area contributed by atoms with Gasteiger partial charge in [0.15, 0.2) is 11.6 Å². The third-order valence-electron chi connectivity index (χ3n) is 7.91. The molecule has 4 N–H and O–H groups in total. The maximum absolute atomic E-state index is 14.7. The highest BCUT2D eigenvalue weighted by Gasteiger charge is 2.66. The highest BCUT2D eigenvalue weighted by molar-refractivity contribution is 6.30. The van der Waals surface area contributed by atoms with Gasteiger partial charge < -0.3 is 21.1 Å². The van der Waals surface area contributed by atoms with Crippen LogP contribution in [0.25, 0.3) is 0 Å². The lowest BCUT2D eigenvalue weighted by atomic mass is 9.62. The fourth-order valence-electron chi connectivity index (χ4n) is 6.53. The maximum atomic E-state index is 14.7. The van der Waals surface area contributed by atoms with Gasteiger partial charge in [0.1, 0.15) is 5.41 Å². The molecule has 2 fully saturated rings. The van der Waals surface area contributed by atoms with Crippen LogP contribution in [0.5, 0.6) is 0 Å². The fraction of sp³-hybridized carbons (Fsp3) is 0.500. The van der Waals surface area contributed by atoms with Crippen molar-refractivity contribution in [2.75, 3.05) is 5.32 Å². The zero-order valence-corrected chi connectivity index (χ0v) is 22.0. The molecule has 3 aliphatic rings. The van der Waals surface area contributed by atoms with Gasteiger partial charge in [0.05, 0.1) is 11.6 Å². The molecule has 1 aliphatic carbocycles. The monoisotopic (exact) mass is 531 g/mol. The first-order chi connectivity index (χ1) is 17.2. The van der Waals surface area contributed by atoms with Crippen LogP contribution >= 0.6 is 11.6 Å². The molecule has 2 aromatic carbocycles. The number of amides is 2. The molecule has 4 atom stereocenters. The van der Waals surface area contributed by atoms with E-state index in [1.165, 1.54) is 0 Å². The van der Waals surface area contributed by atoms with E-state index in [-0.39, 0.29) is 23.1 Å². The Morgan fingerprint density at radius 1 is 1.19 bits per heavy atom. The second-order valence-electron chi connectivity index (χ2n) is 12.2. The molecule has 2 heterocycles. The molecule has 0 aromatic heterocycles. The van der Waals surface area contributed by atoms with E-state index >= 15 is 0 Å². The van der Waals surface area contributed by atoms with Crippen molar-refractivity contribution < 1.29 is 23.5 Å². The molecule has 1 saturated heterocycles. The smallest absolute Gasteiger partial charge is 0.238 e. The van der Waals surface area contributed by atoms with E-state index < -0.39 is 46.6 Å². The van der Waals surface area contributed by atoms with Gasteiger partial charge in [-0.3, -0.25) is 9.59 Å². The van der Waals surface area contributed by atoms with Crippen molar-refractivity contribution in [3.05, 3.63) is 64.2 Å². The fourth-order valence-corrected chi connectivity index (χ4v) is 6.73. The SMILES string of the molecule is CC(C)(C)C[C@H]1N[C@@H](C(=O)NC2CC(C)(O)C2)[C@H](c2cccc(Cl)c2)[C@@]12C(=O)Nc1cc(F)c(F)cc12. The number of nitrogens with one attached hydrogen (secondary N) is 3. The van der Waals surface area contributed by atoms with E-state index in [2.05, 4.69) is 16.0 Å². The van der Waals surface area contributed by atoms with Crippen molar-refractivity contribution in [3.8, 4) is 0 Å². The van der Waals surface area contributed by atoms with E-state index in [4.69, 9.17) is 11.6 Å². The van der Waals surface area contributed by atoms with E-state index in [0.29, 0.717) is 35.4 Å². The van der Waals surface area contributed by atoms with Gasteiger partial charge in [0.25, 0.3) is 0 Å². The Labute approximate surface area is 220 Å². The van der Waals surface area contributed by atoms with Gasteiger partial charge in [-0.05, 0) is 60.9 Å². The Morgan fingerprint density at radius 2 is 1.86 bits per heavy atom. The number of rotatable bonds is 4. The number of carbonyl (C=O) groups excluding carboxylic acids is 2. The number of benzene rings is 2. The van der Waals surface area contributed by atoms with Crippen molar-refractivity contribution in [2.45, 2.75) is 82.0 Å². The summed E-state index contributed by atoms with van der Waals surface area (Å²) in [5.41, 5.74) is -1.31. The molecule has 6 nitrogen and oxygen atoms in total. The lowest BCUT2D eigenvalue weighted by Gasteiger charge is -2.42. The van der Waals surface area contributed by atoms with Crippen molar-refractivity contribution in [1.82, 2.24) is 10.6 Å². The number of carbonyl (C=O) groups is 2. The molecule has 37 heavy (non-hydrogen) atoms. The van der Waals surface area contributed by atoms with Crippen LogP contribution in [0.15, 0.2) is 36.4 Å². The van der Waals surface area contributed by atoms with Gasteiger partial charge in [-0.15, -0.1) is 0 Å². The van der Waals surface area contributed by atoms with Crippen LogP contribution in [0.1, 0.15) is 64.0 Å². The summed E-state index contributed by atoms with van der Waals surface area (Å²) in [6, 6.07) is 7.44. The third kappa shape index (κ3) is 4.43. The molecule has 1 spiro atoms. The van der Waals surface area contributed by atoms with Crippen LogP contribution in [-0.2, 0) is 15.0 Å². The summed E-state index contributed by atoms with van der Waals surface area (Å²) < 4.78 is 28.9. The Balaban J connectivity index is 1.68. The van der Waals surface area contributed by atoms with Gasteiger partial charge in [0, 0.05) is 34.8 Å². The van der Waals surface area contributed by atoms with Crippen LogP contribution in [0.3, 0.4) is 0 Å². The topological polar surface area (TPSA) is 90.5 Å². The number of anilines is 1. The van der Waals surface area contributed by atoms with Crippen LogP contribution < -0.4 is 16.0 Å². The van der Waals surface area contributed by atoms with Crippen molar-refractivity contribution in [1.29, 1.82) is 0 Å². The Kier molecular flexibility index (Phi) is 6.17. The van der Waals surface area contributed by atoms with E-state index in [1.54, 1.807) is 31.2 Å². The van der Waals surface area contributed by atoms with E-state index in [9.17, 15) is 23.5 Å². The number of aliphatic hydroxyl groups is 1. The number of fused-ring (bicyclic) bond motifs is 2. The molecule has 1 saturated carbocycles. The van der Waals surface area contributed by atoms with Crippen molar-refractivity contribution in [2.24, 2.45) is 5.41 Å². The maximum Gasteiger partial charge on any atom is 0.238 e. The van der Waals surface area contributed by atoms with Gasteiger partial charge in [0.2, 0.25) is 11.8 Å². The third-order valence-corrected chi connectivity index (χ3v) is 8.14. The quantitative estimate of drug-likeness (QED) is 0.471. The summed E-state index contributed by atoms with van der Waals surface area (Å²) in [5, 5.41) is 19.8. The second kappa shape index (κ2) is 8.75. The van der Waals surface area contributed by atoms with E-state index in [0.717, 1.165) is 12.1 Å². The Morgan fingerprint density at radius 3 is 2.49 bits per heavy atom. The molecule has 2 aliphatic heterocycles. The van der Waals surface area contributed by atoms with Crippen LogP contribution in [0.2, 0.25) is 5.02 Å². The first-order valence-electron chi connectivity index (χ1n) is 12.6. The normalized spacial score (nSPS) is 32.7. The minimum Gasteiger partial charge on any atom is -0.390 e. The van der Waals surface area contributed by atoms with Gasteiger partial charge in [-0.1, -0.05) is 44.5 Å². The Hall–Kier alpha value is -2.55. The standard InChI is InChI=1S/C28H32ClF2N3O3/c1-26(2,3)13-21-28(17-9-18(30)19(31)10-20(17)33-25(28)36)22(14-6-5-7-15(29)8-14)23(34-21)24(35)32-16-11-27(4,37)12-16/h5-10,16,21-23,34,37H,11-13H2,1-4H3,(H,32,35)(H,33,36)/t16?,21-,22+,23-,27?,28+/m1/s1. The molecule has 2 amide bonds. The molecule has 2 aromatic rings. The minimum absolute atomic E-state index is 0.196. The summed E-state index contributed by atoms with van der Waals surface area (Å²) in [7, 11) is 0. The molecular weight excluding hydrogens is 500 g/mol. The summed E-state index contributed by atoms with van der Waals surface area (Å²) in [5.74, 6) is -3.60. The summed E-state index contributed by atoms with van der Waals surface area (Å²) in [6.07, 6.45) is 1.34. The molecule has 0 radical (unpaired) electrons. The average molecular weight is 532 g/mol. The summed E-state index contributed by atoms with van der Waals surface area (Å²) in [4.78, 5) is 27.8. The number of hydrogen-bond donors (Lipinski definition) is 4. The van der Waals surface area contributed by atoms with Crippen LogP contribution in [0.4, 0.5) is 14.5 Å². The number of halogens is 3. The lowest BCUT2D eigenvalue weighted by Crippen LogP contribution is -2.57. The predicted molar refractivity (Wildman–Crippen MR) is 137 cm³/mol. The lowest BCUT2D eigenvalue weighted by molar-refractivity contribution is -0.127. The highest BCUT2D eigenvalue weighted by atomic mass is 35.5. The molecule has 9 heteroatoms. The van der Waals surface area contributed by atoms with Crippen LogP contribution in [0, 0.1) is 17.0 Å². The zero-order chi connectivity index (χ0) is 26.9. The van der Waals surface area contributed by atoms with Gasteiger partial charge in [-0.25, -0.2) is 8.78 Å². The summed E-state index contributed by atoms with van der Waals surface area (Å²) in [6.45, 7) is 7.80. The average Bonchev–Trinajstić information content (AvgIpc) is 3.22. The van der Waals surface area contributed by atoms with E-state index in [1.807, 2.05) is 20.8 Å². The first kappa shape index (κ1) is 26.1. The van der Waals surface area contributed by atoms with Crippen molar-refractivity contribution in [3.63, 3.8) is 0 Å². The summed E-state index contributed by atoms with van der Waals surface area (Å²) >= 11 is 6.36. The predicted octanol–water partition coefficient (Wildman–Crippen LogP) is 4.40. The number of hydrogen-bond acceptors (Lipinski definition) is 4. The largest absolute Gasteiger partial charge is 0.390 e. The first-order valence-corrected chi connectivity index (χ1v) is 12.9.